The first-order chi connectivity index (χ1) is 9.88. The molecule has 0 fully saturated rings. The van der Waals surface area contributed by atoms with Crippen LogP contribution in [0.5, 0.6) is 0 Å². The lowest BCUT2D eigenvalue weighted by molar-refractivity contribution is -0.383. The molecule has 0 unspecified atom stereocenters. The van der Waals surface area contributed by atoms with Crippen LogP contribution in [0.25, 0.3) is 0 Å². The van der Waals surface area contributed by atoms with Crippen LogP contribution in [0, 0.1) is 10.1 Å². The van der Waals surface area contributed by atoms with E-state index in [1.807, 2.05) is 0 Å². The number of hydrogen-bond donors (Lipinski definition) is 3. The molecule has 21 heavy (non-hydrogen) atoms. The van der Waals surface area contributed by atoms with Gasteiger partial charge in [-0.15, -0.1) is 0 Å². The van der Waals surface area contributed by atoms with E-state index in [1.54, 1.807) is 0 Å². The molecule has 1 aromatic rings. The predicted molar refractivity (Wildman–Crippen MR) is 82.0 cm³/mol. The summed E-state index contributed by atoms with van der Waals surface area (Å²) in [6.07, 6.45) is 1.23. The van der Waals surface area contributed by atoms with Crippen molar-refractivity contribution in [1.82, 2.24) is 14.9 Å². The Morgan fingerprint density at radius 2 is 1.86 bits per heavy atom. The van der Waals surface area contributed by atoms with Gasteiger partial charge in [-0.2, -0.15) is 0 Å². The Hall–Kier alpha value is -2.00. The number of anilines is 2. The number of nitrogens with one attached hydrogen (secondary N) is 2. The fraction of sp³-hybridized carbons (Fsp3) is 0.667. The zero-order valence-electron chi connectivity index (χ0n) is 12.8. The van der Waals surface area contributed by atoms with Crippen LogP contribution >= 0.6 is 0 Å². The summed E-state index contributed by atoms with van der Waals surface area (Å²) >= 11 is 0. The molecule has 1 heterocycles. The van der Waals surface area contributed by atoms with Gasteiger partial charge in [-0.1, -0.05) is 0 Å². The van der Waals surface area contributed by atoms with Gasteiger partial charge in [0.15, 0.2) is 0 Å². The molecule has 0 atom stereocenters. The van der Waals surface area contributed by atoms with E-state index in [0.29, 0.717) is 18.6 Å². The molecule has 0 saturated carbocycles. The summed E-state index contributed by atoms with van der Waals surface area (Å²) in [6, 6.07) is 0.793. The molecular formula is C12H23N7O2. The van der Waals surface area contributed by atoms with Crippen molar-refractivity contribution in [1.29, 1.82) is 0 Å². The third-order valence-corrected chi connectivity index (χ3v) is 3.13. The molecule has 4 N–H and O–H groups in total. The van der Waals surface area contributed by atoms with Crippen LogP contribution in [0.1, 0.15) is 27.7 Å². The second-order valence-electron chi connectivity index (χ2n) is 5.17. The summed E-state index contributed by atoms with van der Waals surface area (Å²) in [5.74, 6) is 5.38. The third-order valence-electron chi connectivity index (χ3n) is 3.13. The van der Waals surface area contributed by atoms with Crippen LogP contribution in [0.3, 0.4) is 0 Å². The van der Waals surface area contributed by atoms with Gasteiger partial charge >= 0.3 is 5.69 Å². The van der Waals surface area contributed by atoms with Crippen LogP contribution in [0.4, 0.5) is 17.3 Å². The molecule has 9 nitrogen and oxygen atoms in total. The first kappa shape index (κ1) is 17.1. The lowest BCUT2D eigenvalue weighted by Crippen LogP contribution is -2.40. The fourth-order valence-electron chi connectivity index (χ4n) is 2.20. The Morgan fingerprint density at radius 3 is 2.33 bits per heavy atom. The van der Waals surface area contributed by atoms with Crippen LogP contribution < -0.4 is 16.6 Å². The smallest absolute Gasteiger partial charge is 0.354 e. The van der Waals surface area contributed by atoms with Crippen molar-refractivity contribution >= 4 is 17.3 Å². The molecular weight excluding hydrogens is 274 g/mol. The fourth-order valence-corrected chi connectivity index (χ4v) is 2.20. The molecule has 0 aliphatic carbocycles. The number of hydrazine groups is 1. The largest absolute Gasteiger partial charge is 0.363 e. The van der Waals surface area contributed by atoms with Gasteiger partial charge in [0.1, 0.15) is 6.33 Å². The van der Waals surface area contributed by atoms with Gasteiger partial charge in [-0.05, 0) is 27.7 Å². The average molecular weight is 297 g/mol. The highest BCUT2D eigenvalue weighted by atomic mass is 16.6. The van der Waals surface area contributed by atoms with Crippen molar-refractivity contribution < 1.29 is 4.92 Å². The number of nitrogens with zero attached hydrogens (tertiary/aromatic N) is 4. The maximum atomic E-state index is 11.1. The van der Waals surface area contributed by atoms with Crippen molar-refractivity contribution in [3.8, 4) is 0 Å². The van der Waals surface area contributed by atoms with E-state index in [1.165, 1.54) is 6.33 Å². The predicted octanol–water partition coefficient (Wildman–Crippen LogP) is 1.20. The van der Waals surface area contributed by atoms with Gasteiger partial charge in [0.2, 0.25) is 11.6 Å². The van der Waals surface area contributed by atoms with Crippen molar-refractivity contribution in [2.45, 2.75) is 39.8 Å². The van der Waals surface area contributed by atoms with Crippen molar-refractivity contribution in [2.75, 3.05) is 23.8 Å². The average Bonchev–Trinajstić information content (AvgIpc) is 2.41. The van der Waals surface area contributed by atoms with Gasteiger partial charge < -0.3 is 10.7 Å². The quantitative estimate of drug-likeness (QED) is 0.371. The number of nitrogen functional groups attached to an aromatic ring is 1. The standard InChI is InChI=1S/C12H23N7O2/c1-8(2)18(9(3)4)6-5-14-11-10(19(20)21)12(17-13)16-7-15-11/h7-9H,5-6,13H2,1-4H3,(H2,14,15,16,17). The monoisotopic (exact) mass is 297 g/mol. The topological polar surface area (TPSA) is 122 Å². The van der Waals surface area contributed by atoms with E-state index in [-0.39, 0.29) is 17.3 Å². The summed E-state index contributed by atoms with van der Waals surface area (Å²) < 4.78 is 0. The van der Waals surface area contributed by atoms with E-state index >= 15 is 0 Å². The first-order valence-electron chi connectivity index (χ1n) is 6.84. The molecule has 9 heteroatoms. The Morgan fingerprint density at radius 1 is 1.29 bits per heavy atom. The van der Waals surface area contributed by atoms with Gasteiger partial charge in [0.05, 0.1) is 4.92 Å². The maximum absolute atomic E-state index is 11.1. The van der Waals surface area contributed by atoms with Gasteiger partial charge in [-0.3, -0.25) is 15.0 Å². The molecule has 0 aromatic carbocycles. The lowest BCUT2D eigenvalue weighted by atomic mass is 10.2. The van der Waals surface area contributed by atoms with Gasteiger partial charge in [0, 0.05) is 25.2 Å². The Labute approximate surface area is 124 Å². The molecule has 0 aliphatic heterocycles. The normalized spacial score (nSPS) is 11.2. The Bertz CT molecular complexity index is 471. The summed E-state index contributed by atoms with van der Waals surface area (Å²) in [5.41, 5.74) is 1.96. The van der Waals surface area contributed by atoms with E-state index < -0.39 is 4.92 Å². The van der Waals surface area contributed by atoms with Crippen LogP contribution in [-0.4, -0.2) is 45.0 Å². The summed E-state index contributed by atoms with van der Waals surface area (Å²) in [5, 5.41) is 14.1. The molecule has 1 rings (SSSR count). The van der Waals surface area contributed by atoms with E-state index in [0.717, 1.165) is 6.54 Å². The highest BCUT2D eigenvalue weighted by molar-refractivity contribution is 5.68. The number of nitro groups is 1. The zero-order chi connectivity index (χ0) is 16.0. The maximum Gasteiger partial charge on any atom is 0.354 e. The van der Waals surface area contributed by atoms with Crippen LogP contribution in [0.2, 0.25) is 0 Å². The molecule has 0 aliphatic rings. The molecule has 0 saturated heterocycles. The molecule has 0 spiro atoms. The second kappa shape index (κ2) is 7.70. The summed E-state index contributed by atoms with van der Waals surface area (Å²) in [4.78, 5) is 20.5. The zero-order valence-corrected chi connectivity index (χ0v) is 12.8. The van der Waals surface area contributed by atoms with Crippen molar-refractivity contribution in [2.24, 2.45) is 5.84 Å². The SMILES string of the molecule is CC(C)N(CCNc1ncnc(NN)c1[N+](=O)[O-])C(C)C. The molecule has 0 radical (unpaired) electrons. The van der Waals surface area contributed by atoms with E-state index in [4.69, 9.17) is 5.84 Å². The van der Waals surface area contributed by atoms with E-state index in [9.17, 15) is 10.1 Å². The highest BCUT2D eigenvalue weighted by Crippen LogP contribution is 2.27. The summed E-state index contributed by atoms with van der Waals surface area (Å²) in [6.45, 7) is 9.75. The number of aromatic nitrogens is 2. The molecule has 1 aromatic heterocycles. The Balaban J connectivity index is 2.78. The van der Waals surface area contributed by atoms with E-state index in [2.05, 4.69) is 53.3 Å². The molecule has 0 amide bonds. The second-order valence-corrected chi connectivity index (χ2v) is 5.17. The number of rotatable bonds is 8. The van der Waals surface area contributed by atoms with Crippen LogP contribution in [0.15, 0.2) is 6.33 Å². The summed E-state index contributed by atoms with van der Waals surface area (Å²) in [7, 11) is 0. The lowest BCUT2D eigenvalue weighted by Gasteiger charge is -2.30. The Kier molecular flexibility index (Phi) is 6.25. The van der Waals surface area contributed by atoms with Gasteiger partial charge in [0.25, 0.3) is 0 Å². The van der Waals surface area contributed by atoms with Crippen LogP contribution in [-0.2, 0) is 0 Å². The minimum atomic E-state index is -0.555. The molecule has 0 bridgehead atoms. The minimum Gasteiger partial charge on any atom is -0.363 e. The van der Waals surface area contributed by atoms with Gasteiger partial charge in [-0.25, -0.2) is 15.8 Å². The van der Waals surface area contributed by atoms with Crippen molar-refractivity contribution in [3.05, 3.63) is 16.4 Å². The highest BCUT2D eigenvalue weighted by Gasteiger charge is 2.22. The first-order valence-corrected chi connectivity index (χ1v) is 6.84. The minimum absolute atomic E-state index is 0.0120. The number of nitrogens with two attached hydrogens (primary N) is 1. The third kappa shape index (κ3) is 4.50. The number of hydrogen-bond acceptors (Lipinski definition) is 8. The molecule has 118 valence electrons. The van der Waals surface area contributed by atoms with Crippen molar-refractivity contribution in [3.63, 3.8) is 0 Å².